The summed E-state index contributed by atoms with van der Waals surface area (Å²) in [6.07, 6.45) is 3.90. The SMILES string of the molecule is O=C(O)Cc1csc(SCCCN2CCCC2)n1. The molecule has 0 aromatic carbocycles. The lowest BCUT2D eigenvalue weighted by Crippen LogP contribution is -2.20. The van der Waals surface area contributed by atoms with E-state index in [2.05, 4.69) is 9.88 Å². The summed E-state index contributed by atoms with van der Waals surface area (Å²) in [5, 5.41) is 10.5. The van der Waals surface area contributed by atoms with Crippen LogP contribution in [0.5, 0.6) is 0 Å². The fourth-order valence-corrected chi connectivity index (χ4v) is 3.88. The molecule has 0 amide bonds. The quantitative estimate of drug-likeness (QED) is 0.616. The summed E-state index contributed by atoms with van der Waals surface area (Å²) in [6.45, 7) is 3.69. The smallest absolute Gasteiger partial charge is 0.309 e. The van der Waals surface area contributed by atoms with Crippen LogP contribution in [-0.4, -0.2) is 46.3 Å². The monoisotopic (exact) mass is 286 g/mol. The van der Waals surface area contributed by atoms with Crippen molar-refractivity contribution in [2.24, 2.45) is 0 Å². The van der Waals surface area contributed by atoms with Crippen LogP contribution in [0.3, 0.4) is 0 Å². The van der Waals surface area contributed by atoms with Crippen LogP contribution in [0.25, 0.3) is 0 Å². The maximum absolute atomic E-state index is 10.5. The zero-order valence-corrected chi connectivity index (χ0v) is 11.9. The number of thioether (sulfide) groups is 1. The highest BCUT2D eigenvalue weighted by atomic mass is 32.2. The number of carboxylic acids is 1. The molecule has 0 unspecified atom stereocenters. The summed E-state index contributed by atoms with van der Waals surface area (Å²) in [6, 6.07) is 0. The van der Waals surface area contributed by atoms with Gasteiger partial charge < -0.3 is 10.0 Å². The minimum Gasteiger partial charge on any atom is -0.481 e. The number of thiazole rings is 1. The number of aromatic nitrogens is 1. The van der Waals surface area contributed by atoms with Gasteiger partial charge in [0.1, 0.15) is 4.34 Å². The molecular weight excluding hydrogens is 268 g/mol. The molecule has 1 aliphatic rings. The average molecular weight is 286 g/mol. The third kappa shape index (κ3) is 4.59. The summed E-state index contributed by atoms with van der Waals surface area (Å²) in [4.78, 5) is 17.4. The van der Waals surface area contributed by atoms with Gasteiger partial charge in [-0.25, -0.2) is 4.98 Å². The van der Waals surface area contributed by atoms with Crippen molar-refractivity contribution < 1.29 is 9.90 Å². The van der Waals surface area contributed by atoms with Crippen LogP contribution in [0.4, 0.5) is 0 Å². The van der Waals surface area contributed by atoms with Gasteiger partial charge in [0.25, 0.3) is 0 Å². The zero-order chi connectivity index (χ0) is 12.8. The molecule has 0 aliphatic carbocycles. The standard InChI is InChI=1S/C12H18N2O2S2/c15-11(16)8-10-9-18-12(13-10)17-7-3-6-14-4-1-2-5-14/h9H,1-8H2,(H,15,16). The minimum atomic E-state index is -0.814. The summed E-state index contributed by atoms with van der Waals surface area (Å²) >= 11 is 3.29. The second-order valence-corrected chi connectivity index (χ2v) is 6.63. The second-order valence-electron chi connectivity index (χ2n) is 4.43. The molecule has 1 fully saturated rings. The largest absolute Gasteiger partial charge is 0.481 e. The van der Waals surface area contributed by atoms with Gasteiger partial charge in [0.2, 0.25) is 0 Å². The van der Waals surface area contributed by atoms with Crippen molar-refractivity contribution in [2.75, 3.05) is 25.4 Å². The maximum atomic E-state index is 10.5. The highest BCUT2D eigenvalue weighted by molar-refractivity contribution is 8.01. The Labute approximate surface area is 115 Å². The van der Waals surface area contributed by atoms with E-state index >= 15 is 0 Å². The molecule has 18 heavy (non-hydrogen) atoms. The van der Waals surface area contributed by atoms with Crippen LogP contribution in [0.2, 0.25) is 0 Å². The lowest BCUT2D eigenvalue weighted by molar-refractivity contribution is -0.136. The first-order chi connectivity index (χ1) is 8.74. The first kappa shape index (κ1) is 13.8. The molecule has 6 heteroatoms. The molecule has 100 valence electrons. The molecule has 0 radical (unpaired) electrons. The number of aliphatic carboxylic acids is 1. The predicted molar refractivity (Wildman–Crippen MR) is 74.5 cm³/mol. The fourth-order valence-electron chi connectivity index (χ4n) is 2.04. The van der Waals surface area contributed by atoms with E-state index in [1.165, 1.54) is 38.9 Å². The van der Waals surface area contributed by atoms with Crippen LogP contribution in [0.15, 0.2) is 9.72 Å². The van der Waals surface area contributed by atoms with Gasteiger partial charge in [0.05, 0.1) is 12.1 Å². The first-order valence-electron chi connectivity index (χ1n) is 6.25. The van der Waals surface area contributed by atoms with E-state index in [0.717, 1.165) is 10.1 Å². The molecule has 1 N–H and O–H groups in total. The topological polar surface area (TPSA) is 53.4 Å². The summed E-state index contributed by atoms with van der Waals surface area (Å²) in [7, 11) is 0. The van der Waals surface area contributed by atoms with Crippen molar-refractivity contribution in [3.8, 4) is 0 Å². The van der Waals surface area contributed by atoms with E-state index in [1.807, 2.05) is 5.38 Å². The van der Waals surface area contributed by atoms with Crippen molar-refractivity contribution >= 4 is 29.1 Å². The maximum Gasteiger partial charge on any atom is 0.309 e. The summed E-state index contributed by atoms with van der Waals surface area (Å²) < 4.78 is 0.993. The van der Waals surface area contributed by atoms with Crippen molar-refractivity contribution in [2.45, 2.75) is 30.0 Å². The Bertz CT molecular complexity index is 389. The first-order valence-corrected chi connectivity index (χ1v) is 8.12. The second kappa shape index (κ2) is 7.11. The van der Waals surface area contributed by atoms with Gasteiger partial charge in [0, 0.05) is 11.1 Å². The molecule has 2 rings (SSSR count). The average Bonchev–Trinajstić information content (AvgIpc) is 2.95. The Hall–Kier alpha value is -0.590. The van der Waals surface area contributed by atoms with Gasteiger partial charge in [-0.1, -0.05) is 11.8 Å². The number of hydrogen-bond acceptors (Lipinski definition) is 5. The molecule has 0 saturated carbocycles. The van der Waals surface area contributed by atoms with E-state index in [-0.39, 0.29) is 6.42 Å². The molecule has 1 aliphatic heterocycles. The van der Waals surface area contributed by atoms with Crippen molar-refractivity contribution in [3.05, 3.63) is 11.1 Å². The third-order valence-corrected chi connectivity index (χ3v) is 5.06. The zero-order valence-electron chi connectivity index (χ0n) is 10.3. The van der Waals surface area contributed by atoms with Crippen molar-refractivity contribution in [3.63, 3.8) is 0 Å². The van der Waals surface area contributed by atoms with Gasteiger partial charge in [-0.05, 0) is 38.9 Å². The van der Waals surface area contributed by atoms with Gasteiger partial charge >= 0.3 is 5.97 Å². The number of likely N-dealkylation sites (tertiary alicyclic amines) is 1. The fraction of sp³-hybridized carbons (Fsp3) is 0.667. The number of carbonyl (C=O) groups is 1. The van der Waals surface area contributed by atoms with E-state index < -0.39 is 5.97 Å². The van der Waals surface area contributed by atoms with E-state index in [9.17, 15) is 4.79 Å². The van der Waals surface area contributed by atoms with Crippen LogP contribution >= 0.6 is 23.1 Å². The lowest BCUT2D eigenvalue weighted by Gasteiger charge is -2.13. The van der Waals surface area contributed by atoms with Gasteiger partial charge in [0.15, 0.2) is 0 Å². The highest BCUT2D eigenvalue weighted by Gasteiger charge is 2.11. The van der Waals surface area contributed by atoms with E-state index in [0.29, 0.717) is 5.69 Å². The van der Waals surface area contributed by atoms with Crippen LogP contribution in [0.1, 0.15) is 25.0 Å². The molecule has 0 bridgehead atoms. The Morgan fingerprint density at radius 1 is 1.50 bits per heavy atom. The van der Waals surface area contributed by atoms with Crippen LogP contribution in [0, 0.1) is 0 Å². The van der Waals surface area contributed by atoms with E-state index in [4.69, 9.17) is 5.11 Å². The van der Waals surface area contributed by atoms with Crippen molar-refractivity contribution in [1.29, 1.82) is 0 Å². The molecule has 1 aromatic heterocycles. The minimum absolute atomic E-state index is 0.0326. The van der Waals surface area contributed by atoms with Gasteiger partial charge in [-0.15, -0.1) is 11.3 Å². The summed E-state index contributed by atoms with van der Waals surface area (Å²) in [5.41, 5.74) is 0.676. The molecule has 2 heterocycles. The lowest BCUT2D eigenvalue weighted by atomic mass is 10.3. The van der Waals surface area contributed by atoms with Gasteiger partial charge in [-0.3, -0.25) is 4.79 Å². The van der Waals surface area contributed by atoms with Crippen LogP contribution < -0.4 is 0 Å². The molecule has 0 spiro atoms. The van der Waals surface area contributed by atoms with E-state index in [1.54, 1.807) is 23.1 Å². The predicted octanol–water partition coefficient (Wildman–Crippen LogP) is 2.35. The number of rotatable bonds is 7. The van der Waals surface area contributed by atoms with Crippen molar-refractivity contribution in [1.82, 2.24) is 9.88 Å². The number of nitrogens with zero attached hydrogens (tertiary/aromatic N) is 2. The summed E-state index contributed by atoms with van der Waals surface area (Å²) in [5.74, 6) is 0.252. The molecule has 1 aromatic rings. The van der Waals surface area contributed by atoms with Crippen LogP contribution in [-0.2, 0) is 11.2 Å². The number of carboxylic acid groups (broad SMARTS) is 1. The molecule has 1 saturated heterocycles. The number of hydrogen-bond donors (Lipinski definition) is 1. The Balaban J connectivity index is 1.63. The molecule has 0 atom stereocenters. The normalized spacial score (nSPS) is 16.2. The molecular formula is C12H18N2O2S2. The Kier molecular flexibility index (Phi) is 5.46. The van der Waals surface area contributed by atoms with Gasteiger partial charge in [-0.2, -0.15) is 0 Å². The Morgan fingerprint density at radius 3 is 3.00 bits per heavy atom. The third-order valence-electron chi connectivity index (χ3n) is 2.91. The Morgan fingerprint density at radius 2 is 2.28 bits per heavy atom. The molecule has 4 nitrogen and oxygen atoms in total. The highest BCUT2D eigenvalue weighted by Crippen LogP contribution is 2.23.